The molecular formula is C16H17N5OS. The Morgan fingerprint density at radius 1 is 1.26 bits per heavy atom. The Bertz CT molecular complexity index is 887. The number of rotatable bonds is 2. The van der Waals surface area contributed by atoms with E-state index in [4.69, 9.17) is 0 Å². The zero-order valence-corrected chi connectivity index (χ0v) is 13.9. The molecule has 0 spiro atoms. The fourth-order valence-electron chi connectivity index (χ4n) is 3.00. The van der Waals surface area contributed by atoms with Crippen LogP contribution in [-0.4, -0.2) is 25.5 Å². The predicted molar refractivity (Wildman–Crippen MR) is 89.2 cm³/mol. The highest BCUT2D eigenvalue weighted by molar-refractivity contribution is 7.15. The Hall–Kier alpha value is -2.28. The number of anilines is 1. The van der Waals surface area contributed by atoms with Gasteiger partial charge in [-0.05, 0) is 45.6 Å². The van der Waals surface area contributed by atoms with Crippen molar-refractivity contribution < 1.29 is 4.79 Å². The summed E-state index contributed by atoms with van der Waals surface area (Å²) in [6, 6.07) is 1.94. The summed E-state index contributed by atoms with van der Waals surface area (Å²) < 4.78 is 1.69. The van der Waals surface area contributed by atoms with Gasteiger partial charge in [0, 0.05) is 16.3 Å². The summed E-state index contributed by atoms with van der Waals surface area (Å²) in [7, 11) is 0. The van der Waals surface area contributed by atoms with Crippen molar-refractivity contribution in [2.24, 2.45) is 0 Å². The lowest BCUT2D eigenvalue weighted by atomic mass is 10.0. The summed E-state index contributed by atoms with van der Waals surface area (Å²) in [6.45, 7) is 3.86. The van der Waals surface area contributed by atoms with Gasteiger partial charge in [-0.15, -0.1) is 11.3 Å². The molecule has 0 unspecified atom stereocenters. The lowest BCUT2D eigenvalue weighted by molar-refractivity contribution is 0.102. The molecule has 1 amide bonds. The number of amides is 1. The van der Waals surface area contributed by atoms with Crippen molar-refractivity contribution in [2.75, 3.05) is 5.32 Å². The summed E-state index contributed by atoms with van der Waals surface area (Å²) in [6.07, 6.45) is 6.04. The number of hydrogen-bond donors (Lipinski definition) is 1. The molecule has 1 aliphatic carbocycles. The maximum atomic E-state index is 12.6. The number of fused-ring (bicyclic) bond motifs is 2. The highest BCUT2D eigenvalue weighted by Gasteiger charge is 2.19. The molecule has 3 heterocycles. The molecule has 1 N–H and O–H groups in total. The van der Waals surface area contributed by atoms with Gasteiger partial charge in [0.1, 0.15) is 5.56 Å². The molecule has 0 radical (unpaired) electrons. The second-order valence-corrected chi connectivity index (χ2v) is 6.97. The summed E-state index contributed by atoms with van der Waals surface area (Å²) >= 11 is 1.58. The van der Waals surface area contributed by atoms with Gasteiger partial charge in [0.15, 0.2) is 10.8 Å². The summed E-state index contributed by atoms with van der Waals surface area (Å²) in [5.74, 6) is -0.205. The van der Waals surface area contributed by atoms with E-state index >= 15 is 0 Å². The topological polar surface area (TPSA) is 72.2 Å². The van der Waals surface area contributed by atoms with Crippen LogP contribution in [0.1, 0.15) is 45.2 Å². The van der Waals surface area contributed by atoms with Crippen LogP contribution in [0.25, 0.3) is 5.65 Å². The van der Waals surface area contributed by atoms with E-state index in [0.717, 1.165) is 29.9 Å². The minimum Gasteiger partial charge on any atom is -0.298 e. The van der Waals surface area contributed by atoms with E-state index in [-0.39, 0.29) is 5.91 Å². The van der Waals surface area contributed by atoms with Crippen molar-refractivity contribution in [3.8, 4) is 0 Å². The van der Waals surface area contributed by atoms with E-state index in [9.17, 15) is 4.79 Å². The van der Waals surface area contributed by atoms with E-state index in [1.807, 2.05) is 19.9 Å². The van der Waals surface area contributed by atoms with E-state index < -0.39 is 0 Å². The van der Waals surface area contributed by atoms with Gasteiger partial charge in [-0.25, -0.2) is 14.5 Å². The van der Waals surface area contributed by atoms with Crippen LogP contribution in [0.3, 0.4) is 0 Å². The van der Waals surface area contributed by atoms with Crippen LogP contribution in [0.15, 0.2) is 12.3 Å². The number of carbonyl (C=O) groups excluding carboxylic acids is 1. The standard InChI is InChI=1S/C16H17N5OS/c1-9-7-10(2)21-14(18-9)11(8-17-21)15(22)20-16-19-12-5-3-4-6-13(12)23-16/h7-8H,3-6H2,1-2H3,(H,19,20,22). The summed E-state index contributed by atoms with van der Waals surface area (Å²) in [4.78, 5) is 22.9. The lowest BCUT2D eigenvalue weighted by Gasteiger charge is -2.06. The molecule has 0 fully saturated rings. The van der Waals surface area contributed by atoms with Crippen molar-refractivity contribution in [2.45, 2.75) is 39.5 Å². The SMILES string of the molecule is Cc1cc(C)n2ncc(C(=O)Nc3nc4c(s3)CCCC4)c2n1. The van der Waals surface area contributed by atoms with Gasteiger partial charge in [0.25, 0.3) is 5.91 Å². The van der Waals surface area contributed by atoms with Crippen molar-refractivity contribution >= 4 is 28.0 Å². The van der Waals surface area contributed by atoms with E-state index in [0.29, 0.717) is 16.3 Å². The van der Waals surface area contributed by atoms with Crippen molar-refractivity contribution in [1.29, 1.82) is 0 Å². The fraction of sp³-hybridized carbons (Fsp3) is 0.375. The largest absolute Gasteiger partial charge is 0.298 e. The monoisotopic (exact) mass is 327 g/mol. The Labute approximate surface area is 137 Å². The van der Waals surface area contributed by atoms with Gasteiger partial charge in [0.05, 0.1) is 11.9 Å². The zero-order valence-electron chi connectivity index (χ0n) is 13.1. The molecule has 4 rings (SSSR count). The summed E-state index contributed by atoms with van der Waals surface area (Å²) in [5, 5.41) is 7.84. The first kappa shape index (κ1) is 14.3. The smallest absolute Gasteiger partial charge is 0.262 e. The molecule has 3 aromatic heterocycles. The summed E-state index contributed by atoms with van der Waals surface area (Å²) in [5.41, 5.74) is 4.03. The third-order valence-corrected chi connectivity index (χ3v) is 5.16. The number of aromatic nitrogens is 4. The van der Waals surface area contributed by atoms with Gasteiger partial charge in [-0.3, -0.25) is 10.1 Å². The number of nitrogens with zero attached hydrogens (tertiary/aromatic N) is 4. The van der Waals surface area contributed by atoms with Gasteiger partial charge >= 0.3 is 0 Å². The molecule has 3 aromatic rings. The van der Waals surface area contributed by atoms with Crippen molar-refractivity contribution in [3.05, 3.63) is 39.8 Å². The van der Waals surface area contributed by atoms with Crippen LogP contribution in [0, 0.1) is 13.8 Å². The van der Waals surface area contributed by atoms with Crippen LogP contribution < -0.4 is 5.32 Å². The average Bonchev–Trinajstić information content (AvgIpc) is 3.10. The van der Waals surface area contributed by atoms with Gasteiger partial charge in [-0.1, -0.05) is 0 Å². The van der Waals surface area contributed by atoms with Crippen LogP contribution in [-0.2, 0) is 12.8 Å². The normalized spacial score (nSPS) is 14.0. The molecule has 0 atom stereocenters. The molecule has 0 saturated carbocycles. The number of carbonyl (C=O) groups is 1. The first-order chi connectivity index (χ1) is 11.1. The Balaban J connectivity index is 1.66. The molecule has 23 heavy (non-hydrogen) atoms. The highest BCUT2D eigenvalue weighted by atomic mass is 32.1. The Morgan fingerprint density at radius 3 is 2.91 bits per heavy atom. The minimum absolute atomic E-state index is 0.205. The lowest BCUT2D eigenvalue weighted by Crippen LogP contribution is -2.12. The average molecular weight is 327 g/mol. The number of thiazole rings is 1. The minimum atomic E-state index is -0.205. The van der Waals surface area contributed by atoms with Crippen LogP contribution in [0.2, 0.25) is 0 Å². The molecule has 118 valence electrons. The quantitative estimate of drug-likeness (QED) is 0.785. The van der Waals surface area contributed by atoms with E-state index in [2.05, 4.69) is 20.4 Å². The molecule has 1 aliphatic rings. The van der Waals surface area contributed by atoms with Gasteiger partial charge in [-0.2, -0.15) is 5.10 Å². The zero-order chi connectivity index (χ0) is 16.0. The Morgan fingerprint density at radius 2 is 2.09 bits per heavy atom. The van der Waals surface area contributed by atoms with E-state index in [1.54, 1.807) is 22.0 Å². The van der Waals surface area contributed by atoms with E-state index in [1.165, 1.54) is 17.7 Å². The third kappa shape index (κ3) is 2.50. The second kappa shape index (κ2) is 5.42. The number of nitrogens with one attached hydrogen (secondary N) is 1. The molecule has 0 saturated heterocycles. The molecule has 6 nitrogen and oxygen atoms in total. The number of aryl methyl sites for hydroxylation is 4. The first-order valence-electron chi connectivity index (χ1n) is 7.74. The first-order valence-corrected chi connectivity index (χ1v) is 8.55. The van der Waals surface area contributed by atoms with Crippen LogP contribution >= 0.6 is 11.3 Å². The maximum absolute atomic E-state index is 12.6. The number of hydrogen-bond acceptors (Lipinski definition) is 5. The van der Waals surface area contributed by atoms with Crippen molar-refractivity contribution in [1.82, 2.24) is 19.6 Å². The predicted octanol–water partition coefficient (Wildman–Crippen LogP) is 2.93. The molecule has 0 aromatic carbocycles. The maximum Gasteiger partial charge on any atom is 0.262 e. The fourth-order valence-corrected chi connectivity index (χ4v) is 4.05. The van der Waals surface area contributed by atoms with Gasteiger partial charge in [0.2, 0.25) is 0 Å². The molecule has 0 bridgehead atoms. The molecular weight excluding hydrogens is 310 g/mol. The van der Waals surface area contributed by atoms with Crippen molar-refractivity contribution in [3.63, 3.8) is 0 Å². The third-order valence-electron chi connectivity index (χ3n) is 4.09. The van der Waals surface area contributed by atoms with Crippen LogP contribution in [0.4, 0.5) is 5.13 Å². The van der Waals surface area contributed by atoms with Gasteiger partial charge < -0.3 is 0 Å². The molecule has 0 aliphatic heterocycles. The molecule has 7 heteroatoms. The highest BCUT2D eigenvalue weighted by Crippen LogP contribution is 2.29. The Kier molecular flexibility index (Phi) is 3.37. The second-order valence-electron chi connectivity index (χ2n) is 5.88. The van der Waals surface area contributed by atoms with Crippen LogP contribution in [0.5, 0.6) is 0 Å².